The fraction of sp³-hybridized carbons (Fsp3) is 0.523. The van der Waals surface area contributed by atoms with Gasteiger partial charge in [-0.1, -0.05) is 135 Å². The van der Waals surface area contributed by atoms with Gasteiger partial charge in [0.25, 0.3) is 0 Å². The van der Waals surface area contributed by atoms with Crippen molar-refractivity contribution in [2.24, 2.45) is 0 Å². The van der Waals surface area contributed by atoms with Crippen molar-refractivity contribution in [3.63, 3.8) is 0 Å². The lowest BCUT2D eigenvalue weighted by Crippen LogP contribution is -2.37. The van der Waals surface area contributed by atoms with Gasteiger partial charge in [0.2, 0.25) is 0 Å². The van der Waals surface area contributed by atoms with Gasteiger partial charge in [0.05, 0.1) is 47.4 Å². The number of esters is 1. The zero-order valence-electron chi connectivity index (χ0n) is 33.4. The summed E-state index contributed by atoms with van der Waals surface area (Å²) < 4.78 is 34.6. The summed E-state index contributed by atoms with van der Waals surface area (Å²) in [4.78, 5) is 22.7. The Balaban J connectivity index is 4.61. The van der Waals surface area contributed by atoms with Crippen molar-refractivity contribution in [3.8, 4) is 0 Å². The van der Waals surface area contributed by atoms with Crippen LogP contribution in [-0.2, 0) is 27.9 Å². The number of nitrogens with zero attached hydrogens (tertiary/aromatic N) is 1. The maximum absolute atomic E-state index is 12.6. The lowest BCUT2D eigenvalue weighted by Gasteiger charge is -2.24. The fourth-order valence-electron chi connectivity index (χ4n) is 4.16. The Hall–Kier alpha value is -3.10. The van der Waals surface area contributed by atoms with Gasteiger partial charge in [0.1, 0.15) is 19.3 Å². The fourth-order valence-corrected chi connectivity index (χ4v) is 4.90. The van der Waals surface area contributed by atoms with E-state index < -0.39 is 19.9 Å². The van der Waals surface area contributed by atoms with Crippen LogP contribution in [0.4, 0.5) is 0 Å². The number of allylic oxidation sites excluding steroid dienone is 18. The molecule has 53 heavy (non-hydrogen) atoms. The lowest BCUT2D eigenvalue weighted by molar-refractivity contribution is -0.870. The standard InChI is InChI=1S/C44H70NO7P/c1-6-8-10-12-14-16-18-20-22-24-26-28-30-32-34-36-39-49-41-43(42-51-53(47,48)50-40-38-45(3,4)5)52-44(46)37-35-33-31-29-27-25-23-21-19-17-15-13-11-9-7-2/h8-11,14-17,20-23,26-29,32-35,43H,6-7,12-13,18-19,24-25,30-31,36-42H2,1-5H3/p+1/b10-8-,11-9-,16-14-,17-15-,22-20-,23-21-,28-26-,29-27-,34-32-,35-33-. The largest absolute Gasteiger partial charge is 0.472 e. The molecule has 0 aromatic rings. The maximum Gasteiger partial charge on any atom is 0.472 e. The highest BCUT2D eigenvalue weighted by Crippen LogP contribution is 2.43. The van der Waals surface area contributed by atoms with Crippen LogP contribution in [-0.4, -0.2) is 75.6 Å². The number of phosphoric ester groups is 1. The van der Waals surface area contributed by atoms with Gasteiger partial charge in [0.15, 0.2) is 0 Å². The molecule has 0 spiro atoms. The summed E-state index contributed by atoms with van der Waals surface area (Å²) in [6.07, 6.45) is 51.5. The van der Waals surface area contributed by atoms with Crippen LogP contribution in [0.1, 0.15) is 90.9 Å². The van der Waals surface area contributed by atoms with E-state index >= 15 is 0 Å². The van der Waals surface area contributed by atoms with E-state index in [1.54, 1.807) is 6.08 Å². The molecule has 0 radical (unpaired) electrons. The molecule has 0 aromatic heterocycles. The molecule has 8 nitrogen and oxygen atoms in total. The van der Waals surface area contributed by atoms with Crippen molar-refractivity contribution in [1.82, 2.24) is 0 Å². The minimum Gasteiger partial charge on any atom is -0.457 e. The van der Waals surface area contributed by atoms with Crippen molar-refractivity contribution in [3.05, 3.63) is 122 Å². The average Bonchev–Trinajstić information content (AvgIpc) is 3.11. The number of hydrogen-bond donors (Lipinski definition) is 1. The maximum atomic E-state index is 12.6. The molecule has 0 fully saturated rings. The number of phosphoric acid groups is 1. The zero-order valence-corrected chi connectivity index (χ0v) is 34.3. The highest BCUT2D eigenvalue weighted by atomic mass is 31.2. The van der Waals surface area contributed by atoms with E-state index in [1.165, 1.54) is 0 Å². The third-order valence-corrected chi connectivity index (χ3v) is 8.05. The van der Waals surface area contributed by atoms with Gasteiger partial charge < -0.3 is 18.9 Å². The van der Waals surface area contributed by atoms with E-state index in [0.29, 0.717) is 30.5 Å². The third kappa shape index (κ3) is 39.9. The summed E-state index contributed by atoms with van der Waals surface area (Å²) in [5.41, 5.74) is 0. The van der Waals surface area contributed by atoms with Crippen LogP contribution in [0.25, 0.3) is 0 Å². The molecule has 0 aliphatic rings. The van der Waals surface area contributed by atoms with Crippen molar-refractivity contribution < 1.29 is 37.3 Å². The van der Waals surface area contributed by atoms with Crippen LogP contribution in [0, 0.1) is 0 Å². The van der Waals surface area contributed by atoms with Crippen LogP contribution in [0.3, 0.4) is 0 Å². The van der Waals surface area contributed by atoms with Gasteiger partial charge in [-0.25, -0.2) is 4.57 Å². The first-order valence-corrected chi connectivity index (χ1v) is 20.8. The first-order chi connectivity index (χ1) is 25.6. The van der Waals surface area contributed by atoms with E-state index in [1.807, 2.05) is 33.3 Å². The highest BCUT2D eigenvalue weighted by molar-refractivity contribution is 7.47. The second kappa shape index (κ2) is 35.9. The molecular formula is C44H71NO7P+. The molecule has 0 rings (SSSR count). The molecule has 0 aliphatic heterocycles. The van der Waals surface area contributed by atoms with E-state index in [2.05, 4.69) is 117 Å². The van der Waals surface area contributed by atoms with E-state index in [0.717, 1.165) is 57.8 Å². The summed E-state index contributed by atoms with van der Waals surface area (Å²) in [5.74, 6) is -0.472. The Morgan fingerprint density at radius 1 is 0.566 bits per heavy atom. The SMILES string of the molecule is CC/C=C\C/C=C\C/C=C\C/C=C\C/C=C\CCOCC(COP(=O)(O)OCC[N+](C)(C)C)OC(=O)C/C=C\C/C=C\C/C=C\C/C=C\C/C=C\CC. The molecule has 0 aromatic carbocycles. The molecule has 1 N–H and O–H groups in total. The average molecular weight is 757 g/mol. The van der Waals surface area contributed by atoms with Crippen LogP contribution in [0.2, 0.25) is 0 Å². The quantitative estimate of drug-likeness (QED) is 0.0234. The molecular weight excluding hydrogens is 685 g/mol. The van der Waals surface area contributed by atoms with Crippen molar-refractivity contribution in [2.45, 2.75) is 97.0 Å². The molecule has 0 aliphatic carbocycles. The van der Waals surface area contributed by atoms with Gasteiger partial charge in [-0.2, -0.15) is 0 Å². The molecule has 0 amide bonds. The van der Waals surface area contributed by atoms with Gasteiger partial charge in [0, 0.05) is 0 Å². The highest BCUT2D eigenvalue weighted by Gasteiger charge is 2.26. The number of carbonyl (C=O) groups is 1. The van der Waals surface area contributed by atoms with Gasteiger partial charge in [-0.3, -0.25) is 13.8 Å². The smallest absolute Gasteiger partial charge is 0.457 e. The first kappa shape index (κ1) is 49.9. The van der Waals surface area contributed by atoms with Gasteiger partial charge in [-0.15, -0.1) is 0 Å². The topological polar surface area (TPSA) is 91.3 Å². The van der Waals surface area contributed by atoms with E-state index in [-0.39, 0.29) is 26.2 Å². The number of rotatable bonds is 33. The molecule has 0 saturated carbocycles. The predicted molar refractivity (Wildman–Crippen MR) is 223 cm³/mol. The second-order valence-electron chi connectivity index (χ2n) is 13.2. The van der Waals surface area contributed by atoms with Crippen LogP contribution in [0.15, 0.2) is 122 Å². The molecule has 9 heteroatoms. The molecule has 2 atom stereocenters. The number of ether oxygens (including phenoxy) is 2. The summed E-state index contributed by atoms with van der Waals surface area (Å²) in [5, 5.41) is 0. The van der Waals surface area contributed by atoms with Gasteiger partial charge >= 0.3 is 13.8 Å². The Morgan fingerprint density at radius 3 is 1.38 bits per heavy atom. The normalized spacial score (nSPS) is 15.2. The first-order valence-electron chi connectivity index (χ1n) is 19.3. The minimum atomic E-state index is -4.32. The van der Waals surface area contributed by atoms with E-state index in [9.17, 15) is 14.3 Å². The molecule has 0 saturated heterocycles. The Labute approximate surface area is 322 Å². The Morgan fingerprint density at radius 2 is 0.962 bits per heavy atom. The number of hydrogen-bond acceptors (Lipinski definition) is 6. The third-order valence-electron chi connectivity index (χ3n) is 7.07. The van der Waals surface area contributed by atoms with E-state index in [4.69, 9.17) is 18.5 Å². The molecule has 0 bridgehead atoms. The van der Waals surface area contributed by atoms with Crippen molar-refractivity contribution >= 4 is 13.8 Å². The Bertz CT molecular complexity index is 1250. The monoisotopic (exact) mass is 756 g/mol. The van der Waals surface area contributed by atoms with Crippen molar-refractivity contribution in [2.75, 3.05) is 54.1 Å². The molecule has 2 unspecified atom stereocenters. The zero-order chi connectivity index (χ0) is 39.1. The predicted octanol–water partition coefficient (Wildman–Crippen LogP) is 11.0. The number of carbonyl (C=O) groups excluding carboxylic acids is 1. The summed E-state index contributed by atoms with van der Waals surface area (Å²) in [6.45, 7) is 4.96. The summed E-state index contributed by atoms with van der Waals surface area (Å²) in [7, 11) is 1.54. The van der Waals surface area contributed by atoms with Crippen LogP contribution >= 0.6 is 7.82 Å². The number of quaternary nitrogens is 1. The van der Waals surface area contributed by atoms with Gasteiger partial charge in [-0.05, 0) is 70.6 Å². The molecule has 0 heterocycles. The second-order valence-corrected chi connectivity index (χ2v) is 14.7. The lowest BCUT2D eigenvalue weighted by atomic mass is 10.2. The number of likely N-dealkylation sites (N-methyl/N-ethyl adjacent to an activating group) is 1. The summed E-state index contributed by atoms with van der Waals surface area (Å²) in [6, 6.07) is 0. The Kier molecular flexibility index (Phi) is 33.8. The summed E-state index contributed by atoms with van der Waals surface area (Å²) >= 11 is 0. The minimum absolute atomic E-state index is 0.0288. The van der Waals surface area contributed by atoms with Crippen molar-refractivity contribution in [1.29, 1.82) is 0 Å². The van der Waals surface area contributed by atoms with Crippen LogP contribution < -0.4 is 0 Å². The molecule has 298 valence electrons. The van der Waals surface area contributed by atoms with Crippen LogP contribution in [0.5, 0.6) is 0 Å².